The zero-order valence-corrected chi connectivity index (χ0v) is 20.4. The molecule has 2 aromatic carbocycles. The molecular formula is C21H20BrClN8O3. The number of rotatable bonds is 7. The van der Waals surface area contributed by atoms with Crippen LogP contribution in [0.5, 0.6) is 0 Å². The van der Waals surface area contributed by atoms with Crippen LogP contribution in [0.15, 0.2) is 46.0 Å². The quantitative estimate of drug-likeness (QED) is 0.249. The second-order valence-electron chi connectivity index (χ2n) is 7.31. The van der Waals surface area contributed by atoms with Crippen molar-refractivity contribution in [1.82, 2.24) is 15.0 Å². The van der Waals surface area contributed by atoms with Gasteiger partial charge in [-0.2, -0.15) is 20.1 Å². The maximum absolute atomic E-state index is 11.0. The number of hydrazone groups is 1. The summed E-state index contributed by atoms with van der Waals surface area (Å²) >= 11 is 9.81. The van der Waals surface area contributed by atoms with Crippen molar-refractivity contribution in [2.24, 2.45) is 5.10 Å². The van der Waals surface area contributed by atoms with Crippen LogP contribution in [0.25, 0.3) is 0 Å². The van der Waals surface area contributed by atoms with E-state index in [2.05, 4.69) is 46.7 Å². The molecule has 11 nitrogen and oxygen atoms in total. The monoisotopic (exact) mass is 546 g/mol. The molecule has 0 radical (unpaired) electrons. The van der Waals surface area contributed by atoms with Crippen molar-refractivity contribution < 1.29 is 9.66 Å². The van der Waals surface area contributed by atoms with Gasteiger partial charge in [0.25, 0.3) is 5.69 Å². The van der Waals surface area contributed by atoms with Crippen molar-refractivity contribution in [1.29, 1.82) is 0 Å². The molecule has 0 saturated carbocycles. The van der Waals surface area contributed by atoms with Crippen LogP contribution in [0.3, 0.4) is 0 Å². The standard InChI is InChI=1S/C21H20BrClN8O3/c1-13-9-16(22)18(11-17(13)23)25-19-26-20(28-21(27-19)30-5-7-34-8-6-30)29-24-12-14-3-2-4-15(10-14)31(32)33/h2-4,9-12H,5-8H2,1H3,(H2,25,26,27,28,29). The normalized spacial score (nSPS) is 13.8. The van der Waals surface area contributed by atoms with Gasteiger partial charge in [0.15, 0.2) is 0 Å². The fourth-order valence-electron chi connectivity index (χ4n) is 3.12. The summed E-state index contributed by atoms with van der Waals surface area (Å²) in [6, 6.07) is 9.81. The van der Waals surface area contributed by atoms with E-state index in [1.165, 1.54) is 18.3 Å². The van der Waals surface area contributed by atoms with Gasteiger partial charge in [0.1, 0.15) is 0 Å². The van der Waals surface area contributed by atoms with E-state index >= 15 is 0 Å². The molecular weight excluding hydrogens is 528 g/mol. The number of aryl methyl sites for hydroxylation is 1. The van der Waals surface area contributed by atoms with E-state index < -0.39 is 4.92 Å². The Balaban J connectivity index is 1.60. The average Bonchev–Trinajstić information content (AvgIpc) is 2.83. The van der Waals surface area contributed by atoms with Gasteiger partial charge in [0.05, 0.1) is 30.0 Å². The summed E-state index contributed by atoms with van der Waals surface area (Å²) in [4.78, 5) is 25.9. The van der Waals surface area contributed by atoms with Gasteiger partial charge in [-0.3, -0.25) is 10.1 Å². The Kier molecular flexibility index (Phi) is 7.50. The van der Waals surface area contributed by atoms with Gasteiger partial charge in [0, 0.05) is 40.3 Å². The molecule has 2 heterocycles. The summed E-state index contributed by atoms with van der Waals surface area (Å²) in [7, 11) is 0. The first-order valence-electron chi connectivity index (χ1n) is 10.2. The zero-order valence-electron chi connectivity index (χ0n) is 18.0. The summed E-state index contributed by atoms with van der Waals surface area (Å²) in [6.07, 6.45) is 1.45. The highest BCUT2D eigenvalue weighted by Gasteiger charge is 2.17. The first kappa shape index (κ1) is 23.8. The largest absolute Gasteiger partial charge is 0.378 e. The van der Waals surface area contributed by atoms with Crippen molar-refractivity contribution in [2.75, 3.05) is 41.9 Å². The van der Waals surface area contributed by atoms with E-state index in [0.29, 0.717) is 54.5 Å². The molecule has 1 fully saturated rings. The van der Waals surface area contributed by atoms with E-state index in [4.69, 9.17) is 16.3 Å². The molecule has 13 heteroatoms. The van der Waals surface area contributed by atoms with Crippen LogP contribution < -0.4 is 15.6 Å². The van der Waals surface area contributed by atoms with Crippen molar-refractivity contribution in [3.05, 3.63) is 67.1 Å². The molecule has 1 aliphatic rings. The molecule has 2 N–H and O–H groups in total. The van der Waals surface area contributed by atoms with Crippen LogP contribution in [-0.2, 0) is 4.74 Å². The number of morpholine rings is 1. The van der Waals surface area contributed by atoms with E-state index in [-0.39, 0.29) is 11.6 Å². The smallest absolute Gasteiger partial charge is 0.270 e. The van der Waals surface area contributed by atoms with Crippen LogP contribution in [0.4, 0.5) is 29.2 Å². The first-order chi connectivity index (χ1) is 16.4. The third-order valence-corrected chi connectivity index (χ3v) is 5.93. The highest BCUT2D eigenvalue weighted by molar-refractivity contribution is 9.10. The van der Waals surface area contributed by atoms with Crippen LogP contribution in [0.2, 0.25) is 5.02 Å². The Morgan fingerprint density at radius 3 is 2.74 bits per heavy atom. The average molecular weight is 548 g/mol. The van der Waals surface area contributed by atoms with Crippen LogP contribution in [0.1, 0.15) is 11.1 Å². The van der Waals surface area contributed by atoms with Crippen molar-refractivity contribution in [2.45, 2.75) is 6.92 Å². The Bertz CT molecular complexity index is 1240. The minimum atomic E-state index is -0.460. The SMILES string of the molecule is Cc1cc(Br)c(Nc2nc(NN=Cc3cccc([N+](=O)[O-])c3)nc(N3CCOCC3)n2)cc1Cl. The fraction of sp³-hybridized carbons (Fsp3) is 0.238. The molecule has 34 heavy (non-hydrogen) atoms. The predicted octanol–water partition coefficient (Wildman–Crippen LogP) is 4.53. The van der Waals surface area contributed by atoms with Crippen LogP contribution >= 0.6 is 27.5 Å². The number of non-ortho nitro benzene ring substituents is 1. The molecule has 4 rings (SSSR count). The van der Waals surface area contributed by atoms with Gasteiger partial charge < -0.3 is 15.0 Å². The van der Waals surface area contributed by atoms with Gasteiger partial charge in [-0.15, -0.1) is 0 Å². The third kappa shape index (κ3) is 5.95. The number of aromatic nitrogens is 3. The maximum Gasteiger partial charge on any atom is 0.270 e. The minimum absolute atomic E-state index is 0.0208. The molecule has 1 aliphatic heterocycles. The molecule has 0 spiro atoms. The summed E-state index contributed by atoms with van der Waals surface area (Å²) in [5, 5.41) is 18.9. The zero-order chi connectivity index (χ0) is 24.1. The number of benzene rings is 2. The van der Waals surface area contributed by atoms with Crippen molar-refractivity contribution >= 4 is 63.0 Å². The molecule has 0 bridgehead atoms. The number of nitrogens with one attached hydrogen (secondary N) is 2. The van der Waals surface area contributed by atoms with Gasteiger partial charge in [-0.1, -0.05) is 23.7 Å². The lowest BCUT2D eigenvalue weighted by atomic mass is 10.2. The minimum Gasteiger partial charge on any atom is -0.378 e. The molecule has 0 amide bonds. The number of nitro benzene ring substituents is 1. The summed E-state index contributed by atoms with van der Waals surface area (Å²) < 4.78 is 6.23. The number of nitro groups is 1. The van der Waals surface area contributed by atoms with E-state index in [1.807, 2.05) is 17.9 Å². The number of anilines is 4. The van der Waals surface area contributed by atoms with Gasteiger partial charge in [-0.05, 0) is 40.5 Å². The number of hydrogen-bond donors (Lipinski definition) is 2. The van der Waals surface area contributed by atoms with Gasteiger partial charge in [0.2, 0.25) is 17.8 Å². The molecule has 0 unspecified atom stereocenters. The second kappa shape index (κ2) is 10.7. The van der Waals surface area contributed by atoms with Crippen molar-refractivity contribution in [3.63, 3.8) is 0 Å². The number of halogens is 2. The second-order valence-corrected chi connectivity index (χ2v) is 8.57. The number of nitrogens with zero attached hydrogens (tertiary/aromatic N) is 6. The van der Waals surface area contributed by atoms with Crippen molar-refractivity contribution in [3.8, 4) is 0 Å². The Hall–Kier alpha value is -3.35. The first-order valence-corrected chi connectivity index (χ1v) is 11.4. The summed E-state index contributed by atoms with van der Waals surface area (Å²) in [5.74, 6) is 0.961. The van der Waals surface area contributed by atoms with E-state index in [9.17, 15) is 10.1 Å². The van der Waals surface area contributed by atoms with E-state index in [0.717, 1.165) is 10.0 Å². The molecule has 0 atom stereocenters. The molecule has 1 aromatic heterocycles. The van der Waals surface area contributed by atoms with Gasteiger partial charge in [-0.25, -0.2) is 5.43 Å². The molecule has 3 aromatic rings. The topological polar surface area (TPSA) is 131 Å². The number of hydrogen-bond acceptors (Lipinski definition) is 10. The predicted molar refractivity (Wildman–Crippen MR) is 134 cm³/mol. The lowest BCUT2D eigenvalue weighted by molar-refractivity contribution is -0.384. The van der Waals surface area contributed by atoms with Crippen LogP contribution in [-0.4, -0.2) is 52.4 Å². The highest BCUT2D eigenvalue weighted by atomic mass is 79.9. The fourth-order valence-corrected chi connectivity index (χ4v) is 3.84. The Morgan fingerprint density at radius 2 is 1.97 bits per heavy atom. The van der Waals surface area contributed by atoms with Gasteiger partial charge >= 0.3 is 0 Å². The maximum atomic E-state index is 11.0. The molecule has 0 aliphatic carbocycles. The summed E-state index contributed by atoms with van der Waals surface area (Å²) in [6.45, 7) is 4.33. The van der Waals surface area contributed by atoms with Crippen LogP contribution in [0, 0.1) is 17.0 Å². The number of ether oxygens (including phenoxy) is 1. The molecule has 176 valence electrons. The highest BCUT2D eigenvalue weighted by Crippen LogP contribution is 2.31. The molecule has 1 saturated heterocycles. The Morgan fingerprint density at radius 1 is 1.21 bits per heavy atom. The lowest BCUT2D eigenvalue weighted by Gasteiger charge is -2.27. The lowest BCUT2D eigenvalue weighted by Crippen LogP contribution is -2.37. The third-order valence-electron chi connectivity index (χ3n) is 4.87. The Labute approximate surface area is 208 Å². The summed E-state index contributed by atoms with van der Waals surface area (Å²) in [5.41, 5.74) is 4.95. The van der Waals surface area contributed by atoms with E-state index in [1.54, 1.807) is 18.2 Å².